The predicted molar refractivity (Wildman–Crippen MR) is 56.7 cm³/mol. The molecule has 0 bridgehead atoms. The maximum absolute atomic E-state index is 3.04. The van der Waals surface area contributed by atoms with Crippen molar-refractivity contribution in [3.63, 3.8) is 0 Å². The Morgan fingerprint density at radius 3 is 1.92 bits per heavy atom. The first kappa shape index (κ1) is 12.9. The van der Waals surface area contributed by atoms with Gasteiger partial charge >= 0.3 is 71.4 Å². The van der Waals surface area contributed by atoms with Crippen LogP contribution in [0, 0.1) is 9.35 Å². The Morgan fingerprint density at radius 1 is 1.08 bits per heavy atom. The molecular formula is C11H14HgSi. The van der Waals surface area contributed by atoms with Crippen molar-refractivity contribution in [3.05, 3.63) is 35.9 Å². The van der Waals surface area contributed by atoms with Gasteiger partial charge in [-0.25, -0.2) is 0 Å². The van der Waals surface area contributed by atoms with Gasteiger partial charge in [-0.1, -0.05) is 19.6 Å². The van der Waals surface area contributed by atoms with E-state index < -0.39 is 0 Å². The molecule has 64 valence electrons. The molecule has 2 heteroatoms. The molecule has 0 unspecified atom stereocenters. The Bertz CT molecular complexity index is 266. The summed E-state index contributed by atoms with van der Waals surface area (Å²) in [5.74, 6) is 3.04. The molecule has 0 aromatic heterocycles. The van der Waals surface area contributed by atoms with Crippen LogP contribution in [0.4, 0.5) is 0 Å². The molecule has 0 N–H and O–H groups in total. The molecule has 13 heavy (non-hydrogen) atoms. The molecule has 1 rings (SSSR count). The summed E-state index contributed by atoms with van der Waals surface area (Å²) in [7, 11) is 0.120. The predicted octanol–water partition coefficient (Wildman–Crippen LogP) is 2.91. The van der Waals surface area contributed by atoms with E-state index in [0.29, 0.717) is 26.1 Å². The minimum absolute atomic E-state index is 0.120. The fourth-order valence-corrected chi connectivity index (χ4v) is 1.42. The van der Waals surface area contributed by atoms with Gasteiger partial charge in [-0.15, -0.1) is 0 Å². The minimum atomic E-state index is 0.120. The van der Waals surface area contributed by atoms with Crippen LogP contribution < -0.4 is 0 Å². The van der Waals surface area contributed by atoms with Gasteiger partial charge in [0.15, 0.2) is 0 Å². The van der Waals surface area contributed by atoms with Crippen LogP contribution in [0.1, 0.15) is 5.56 Å². The molecule has 0 aliphatic heterocycles. The van der Waals surface area contributed by atoms with Crippen LogP contribution in [0.3, 0.4) is 0 Å². The first-order valence-electron chi connectivity index (χ1n) is 4.26. The first-order chi connectivity index (χ1) is 6.16. The normalized spacial score (nSPS) is 8.15. The van der Waals surface area contributed by atoms with Crippen LogP contribution in [0.25, 0.3) is 0 Å². The number of hydrogen-bond acceptors (Lipinski definition) is 0. The standard InChI is InChI=1S/C8H5.C3H9Si.Hg/c1-2-8-6-4-3-5-7-8;1-4(2)3;/h3-7H;1-3H3;. The molecule has 0 saturated heterocycles. The van der Waals surface area contributed by atoms with Crippen molar-refractivity contribution >= 4 is 8.80 Å². The summed E-state index contributed by atoms with van der Waals surface area (Å²) in [6, 6.07) is 10.1. The van der Waals surface area contributed by atoms with E-state index in [4.69, 9.17) is 0 Å². The van der Waals surface area contributed by atoms with Crippen molar-refractivity contribution in [2.45, 2.75) is 19.6 Å². The summed E-state index contributed by atoms with van der Waals surface area (Å²) in [6.07, 6.45) is 0. The summed E-state index contributed by atoms with van der Waals surface area (Å²) in [4.78, 5) is 0. The molecular weight excluding hydrogens is 361 g/mol. The third kappa shape index (κ3) is 9.85. The molecule has 0 nitrogen and oxygen atoms in total. The SMILES string of the molecule is C[Si](C)C.[Hg][C]#Cc1ccccc1. The van der Waals surface area contributed by atoms with Gasteiger partial charge in [0.1, 0.15) is 0 Å². The molecule has 0 saturated carbocycles. The van der Waals surface area contributed by atoms with E-state index in [1.807, 2.05) is 30.3 Å². The van der Waals surface area contributed by atoms with Gasteiger partial charge in [-0.2, -0.15) is 0 Å². The summed E-state index contributed by atoms with van der Waals surface area (Å²) in [5.41, 5.74) is 1.13. The van der Waals surface area contributed by atoms with Crippen LogP contribution in [0.2, 0.25) is 19.6 Å². The van der Waals surface area contributed by atoms with E-state index in [0.717, 1.165) is 5.56 Å². The molecule has 0 aliphatic carbocycles. The molecule has 0 amide bonds. The van der Waals surface area contributed by atoms with Crippen LogP contribution >= 0.6 is 0 Å². The van der Waals surface area contributed by atoms with Crippen LogP contribution in [-0.2, 0) is 26.1 Å². The quantitative estimate of drug-likeness (QED) is 0.484. The summed E-state index contributed by atoms with van der Waals surface area (Å²) >= 11 is 0.612. The van der Waals surface area contributed by atoms with Crippen molar-refractivity contribution < 1.29 is 26.1 Å². The molecule has 1 aromatic carbocycles. The van der Waals surface area contributed by atoms with Gasteiger partial charge in [-0.3, -0.25) is 0 Å². The second-order valence-electron chi connectivity index (χ2n) is 3.17. The summed E-state index contributed by atoms with van der Waals surface area (Å²) in [6.45, 7) is 6.81. The van der Waals surface area contributed by atoms with Crippen molar-refractivity contribution in [3.8, 4) is 9.35 Å². The summed E-state index contributed by atoms with van der Waals surface area (Å²) < 4.78 is 3.03. The molecule has 0 fully saturated rings. The first-order valence-corrected chi connectivity index (χ1v) is 10.0. The fraction of sp³-hybridized carbons (Fsp3) is 0.273. The van der Waals surface area contributed by atoms with Gasteiger partial charge in [0.2, 0.25) is 0 Å². The zero-order chi connectivity index (χ0) is 10.1. The van der Waals surface area contributed by atoms with Crippen molar-refractivity contribution in [2.24, 2.45) is 0 Å². The number of hydrogen-bond donors (Lipinski definition) is 0. The Labute approximate surface area is 99.3 Å². The summed E-state index contributed by atoms with van der Waals surface area (Å²) in [5, 5.41) is 0. The Balaban J connectivity index is 0.000000310. The van der Waals surface area contributed by atoms with E-state index in [2.05, 4.69) is 29.0 Å². The van der Waals surface area contributed by atoms with E-state index >= 15 is 0 Å². The monoisotopic (exact) mass is 376 g/mol. The van der Waals surface area contributed by atoms with Crippen LogP contribution in [-0.4, -0.2) is 8.80 Å². The fourth-order valence-electron chi connectivity index (χ4n) is 0.624. The number of benzene rings is 1. The van der Waals surface area contributed by atoms with E-state index in [1.54, 1.807) is 0 Å². The van der Waals surface area contributed by atoms with Crippen molar-refractivity contribution in [2.75, 3.05) is 0 Å². The average molecular weight is 375 g/mol. The van der Waals surface area contributed by atoms with Crippen molar-refractivity contribution in [1.82, 2.24) is 0 Å². The van der Waals surface area contributed by atoms with E-state index in [1.165, 1.54) is 0 Å². The second-order valence-corrected chi connectivity index (χ2v) is 7.54. The van der Waals surface area contributed by atoms with E-state index in [-0.39, 0.29) is 8.80 Å². The van der Waals surface area contributed by atoms with Crippen LogP contribution in [0.5, 0.6) is 0 Å². The molecule has 1 radical (unpaired) electrons. The molecule has 0 atom stereocenters. The Kier molecular flexibility index (Phi) is 8.48. The molecule has 0 aliphatic rings. The van der Waals surface area contributed by atoms with Gasteiger partial charge in [0.05, 0.1) is 0 Å². The van der Waals surface area contributed by atoms with Gasteiger partial charge in [0.25, 0.3) is 0 Å². The van der Waals surface area contributed by atoms with Crippen LogP contribution in [0.15, 0.2) is 30.3 Å². The molecule has 0 spiro atoms. The molecule has 1 aromatic rings. The zero-order valence-corrected chi connectivity index (χ0v) is 15.1. The second kappa shape index (κ2) is 8.53. The van der Waals surface area contributed by atoms with Gasteiger partial charge in [-0.05, 0) is 0 Å². The average Bonchev–Trinajstić information content (AvgIpc) is 2.06. The third-order valence-corrected chi connectivity index (χ3v) is 1.69. The van der Waals surface area contributed by atoms with Crippen molar-refractivity contribution in [1.29, 1.82) is 0 Å². The zero-order valence-electron chi connectivity index (χ0n) is 8.59. The Hall–Kier alpha value is -0.0681. The third-order valence-electron chi connectivity index (χ3n) is 1.01. The topological polar surface area (TPSA) is 0 Å². The van der Waals surface area contributed by atoms with E-state index in [9.17, 15) is 0 Å². The Morgan fingerprint density at radius 2 is 1.54 bits per heavy atom. The maximum atomic E-state index is 3.04. The van der Waals surface area contributed by atoms with Gasteiger partial charge < -0.3 is 0 Å². The van der Waals surface area contributed by atoms with Gasteiger partial charge in [0, 0.05) is 8.80 Å². The molecule has 0 heterocycles. The number of rotatable bonds is 0.